The minimum atomic E-state index is -0.433. The molecule has 0 unspecified atom stereocenters. The second-order valence-electron chi connectivity index (χ2n) is 8.16. The van der Waals surface area contributed by atoms with E-state index < -0.39 is 5.97 Å². The van der Waals surface area contributed by atoms with E-state index in [2.05, 4.69) is 31.3 Å². The maximum absolute atomic E-state index is 12.7. The molecule has 0 aliphatic carbocycles. The van der Waals surface area contributed by atoms with E-state index in [-0.39, 0.29) is 12.5 Å². The fourth-order valence-corrected chi connectivity index (χ4v) is 4.34. The third-order valence-corrected chi connectivity index (χ3v) is 6.15. The number of ether oxygens (including phenoxy) is 2. The van der Waals surface area contributed by atoms with Gasteiger partial charge in [0, 0.05) is 17.4 Å². The highest BCUT2D eigenvalue weighted by Gasteiger charge is 2.22. The number of hydrogen-bond donors (Lipinski definition) is 1. The molecule has 2 aromatic carbocycles. The zero-order chi connectivity index (χ0) is 23.8. The van der Waals surface area contributed by atoms with E-state index in [1.54, 1.807) is 6.92 Å². The van der Waals surface area contributed by atoms with Gasteiger partial charge in [0.2, 0.25) is 5.91 Å². The number of carbonyl (C=O) groups excluding carboxylic acids is 2. The van der Waals surface area contributed by atoms with Gasteiger partial charge in [-0.15, -0.1) is 11.3 Å². The Bertz CT molecular complexity index is 1070. The number of hydrogen-bond acceptors (Lipinski definition) is 5. The van der Waals surface area contributed by atoms with Crippen LogP contribution in [-0.2, 0) is 9.53 Å². The van der Waals surface area contributed by atoms with Crippen molar-refractivity contribution in [3.05, 3.63) is 70.6 Å². The lowest BCUT2D eigenvalue weighted by Crippen LogP contribution is -2.15. The molecule has 0 radical (unpaired) electrons. The standard InChI is InChI=1S/C27H31NO4S/c1-5-31-27(30)25-23(21-10-8-19(4)9-11-21)17-33-26(25)28-24(29)7-6-16-32-22-14-12-20(13-15-22)18(2)3/h8-15,17-18H,5-7,16H2,1-4H3,(H,28,29). The molecule has 3 aromatic rings. The number of carbonyl (C=O) groups is 2. The molecular formula is C27H31NO4S. The summed E-state index contributed by atoms with van der Waals surface area (Å²) in [7, 11) is 0. The molecule has 0 bridgehead atoms. The Morgan fingerprint density at radius 2 is 1.73 bits per heavy atom. The molecule has 174 valence electrons. The van der Waals surface area contributed by atoms with Crippen molar-refractivity contribution in [2.45, 2.75) is 46.5 Å². The van der Waals surface area contributed by atoms with Gasteiger partial charge in [0.05, 0.1) is 13.2 Å². The zero-order valence-corrected chi connectivity index (χ0v) is 20.5. The van der Waals surface area contributed by atoms with E-state index in [0.29, 0.717) is 35.9 Å². The third-order valence-electron chi connectivity index (χ3n) is 5.25. The minimum Gasteiger partial charge on any atom is -0.494 e. The molecule has 1 heterocycles. The number of rotatable bonds is 10. The van der Waals surface area contributed by atoms with Gasteiger partial charge in [0.15, 0.2) is 0 Å². The predicted octanol–water partition coefficient (Wildman–Crippen LogP) is 6.82. The second kappa shape index (κ2) is 11.7. The number of thiophene rings is 1. The van der Waals surface area contributed by atoms with E-state index in [0.717, 1.165) is 22.4 Å². The Morgan fingerprint density at radius 1 is 1.03 bits per heavy atom. The molecule has 0 atom stereocenters. The van der Waals surface area contributed by atoms with Crippen molar-refractivity contribution in [1.82, 2.24) is 0 Å². The largest absolute Gasteiger partial charge is 0.494 e. The quantitative estimate of drug-likeness (QED) is 0.263. The maximum Gasteiger partial charge on any atom is 0.341 e. The van der Waals surface area contributed by atoms with Gasteiger partial charge < -0.3 is 14.8 Å². The third kappa shape index (κ3) is 6.68. The fourth-order valence-electron chi connectivity index (χ4n) is 3.36. The molecule has 6 heteroatoms. The van der Waals surface area contributed by atoms with Gasteiger partial charge in [-0.1, -0.05) is 55.8 Å². The van der Waals surface area contributed by atoms with Gasteiger partial charge in [-0.2, -0.15) is 0 Å². The monoisotopic (exact) mass is 465 g/mol. The molecule has 5 nitrogen and oxygen atoms in total. The molecular weight excluding hydrogens is 434 g/mol. The van der Waals surface area contributed by atoms with Crippen LogP contribution in [0.15, 0.2) is 53.9 Å². The summed E-state index contributed by atoms with van der Waals surface area (Å²) in [4.78, 5) is 25.2. The van der Waals surface area contributed by atoms with E-state index in [4.69, 9.17) is 9.47 Å². The summed E-state index contributed by atoms with van der Waals surface area (Å²) in [6.45, 7) is 8.80. The summed E-state index contributed by atoms with van der Waals surface area (Å²) in [6.07, 6.45) is 0.868. The summed E-state index contributed by atoms with van der Waals surface area (Å²) in [5.41, 5.74) is 4.48. The van der Waals surface area contributed by atoms with Crippen LogP contribution >= 0.6 is 11.3 Å². The molecule has 0 fully saturated rings. The van der Waals surface area contributed by atoms with Crippen molar-refractivity contribution < 1.29 is 19.1 Å². The molecule has 0 aliphatic rings. The Balaban J connectivity index is 1.60. The molecule has 1 N–H and O–H groups in total. The highest BCUT2D eigenvalue weighted by Crippen LogP contribution is 2.36. The Labute approximate surface area is 199 Å². The minimum absolute atomic E-state index is 0.156. The first-order chi connectivity index (χ1) is 15.9. The zero-order valence-electron chi connectivity index (χ0n) is 19.6. The van der Waals surface area contributed by atoms with Gasteiger partial charge >= 0.3 is 5.97 Å². The Hall–Kier alpha value is -3.12. The number of aryl methyl sites for hydroxylation is 1. The molecule has 3 rings (SSSR count). The SMILES string of the molecule is CCOC(=O)c1c(-c2ccc(C)cc2)csc1NC(=O)CCCOc1ccc(C(C)C)cc1. The van der Waals surface area contributed by atoms with Crippen molar-refractivity contribution in [2.24, 2.45) is 0 Å². The number of anilines is 1. The first kappa shape index (κ1) is 24.5. The van der Waals surface area contributed by atoms with Crippen LogP contribution in [0.5, 0.6) is 5.75 Å². The lowest BCUT2D eigenvalue weighted by molar-refractivity contribution is -0.116. The first-order valence-electron chi connectivity index (χ1n) is 11.3. The average Bonchev–Trinajstić information content (AvgIpc) is 3.21. The normalized spacial score (nSPS) is 10.8. The average molecular weight is 466 g/mol. The summed E-state index contributed by atoms with van der Waals surface area (Å²) in [5, 5.41) is 5.29. The fraction of sp³-hybridized carbons (Fsp3) is 0.333. The molecule has 0 saturated carbocycles. The lowest BCUT2D eigenvalue weighted by atomic mass is 10.0. The summed E-state index contributed by atoms with van der Waals surface area (Å²) >= 11 is 1.33. The summed E-state index contributed by atoms with van der Waals surface area (Å²) in [5.74, 6) is 0.686. The van der Waals surface area contributed by atoms with Gasteiger partial charge in [-0.25, -0.2) is 4.79 Å². The summed E-state index contributed by atoms with van der Waals surface area (Å²) in [6, 6.07) is 16.0. The van der Waals surface area contributed by atoms with Crippen molar-refractivity contribution in [3.63, 3.8) is 0 Å². The van der Waals surface area contributed by atoms with E-state index in [9.17, 15) is 9.59 Å². The molecule has 0 saturated heterocycles. The van der Waals surface area contributed by atoms with Gasteiger partial charge in [0.25, 0.3) is 0 Å². The molecule has 1 amide bonds. The molecule has 1 aromatic heterocycles. The first-order valence-corrected chi connectivity index (χ1v) is 12.1. The van der Waals surface area contributed by atoms with Crippen molar-refractivity contribution in [1.29, 1.82) is 0 Å². The van der Waals surface area contributed by atoms with Crippen LogP contribution in [0.4, 0.5) is 5.00 Å². The van der Waals surface area contributed by atoms with Crippen LogP contribution in [0.25, 0.3) is 11.1 Å². The van der Waals surface area contributed by atoms with Crippen LogP contribution in [0, 0.1) is 6.92 Å². The topological polar surface area (TPSA) is 64.6 Å². The lowest BCUT2D eigenvalue weighted by Gasteiger charge is -2.10. The second-order valence-corrected chi connectivity index (χ2v) is 9.04. The molecule has 0 aliphatic heterocycles. The van der Waals surface area contributed by atoms with Crippen LogP contribution in [0.2, 0.25) is 0 Å². The predicted molar refractivity (Wildman–Crippen MR) is 134 cm³/mol. The molecule has 0 spiro atoms. The highest BCUT2D eigenvalue weighted by molar-refractivity contribution is 7.15. The van der Waals surface area contributed by atoms with E-state index >= 15 is 0 Å². The highest BCUT2D eigenvalue weighted by atomic mass is 32.1. The number of amides is 1. The van der Waals surface area contributed by atoms with Crippen LogP contribution in [0.1, 0.15) is 61.0 Å². The maximum atomic E-state index is 12.7. The van der Waals surface area contributed by atoms with Gasteiger partial charge in [-0.05, 0) is 49.4 Å². The Kier molecular flexibility index (Phi) is 8.66. The van der Waals surface area contributed by atoms with Crippen LogP contribution < -0.4 is 10.1 Å². The van der Waals surface area contributed by atoms with Crippen LogP contribution in [0.3, 0.4) is 0 Å². The Morgan fingerprint density at radius 3 is 2.36 bits per heavy atom. The van der Waals surface area contributed by atoms with E-state index in [1.807, 2.05) is 48.7 Å². The summed E-state index contributed by atoms with van der Waals surface area (Å²) < 4.78 is 11.0. The molecule has 33 heavy (non-hydrogen) atoms. The van der Waals surface area contributed by atoms with Crippen LogP contribution in [-0.4, -0.2) is 25.1 Å². The van der Waals surface area contributed by atoms with Crippen molar-refractivity contribution in [2.75, 3.05) is 18.5 Å². The van der Waals surface area contributed by atoms with E-state index in [1.165, 1.54) is 16.9 Å². The number of esters is 1. The van der Waals surface area contributed by atoms with Crippen molar-refractivity contribution >= 4 is 28.2 Å². The van der Waals surface area contributed by atoms with Gasteiger partial charge in [0.1, 0.15) is 16.3 Å². The number of nitrogens with one attached hydrogen (secondary N) is 1. The van der Waals surface area contributed by atoms with Gasteiger partial charge in [-0.3, -0.25) is 4.79 Å². The smallest absolute Gasteiger partial charge is 0.341 e. The van der Waals surface area contributed by atoms with Crippen molar-refractivity contribution in [3.8, 4) is 16.9 Å². The number of benzene rings is 2.